The van der Waals surface area contributed by atoms with Crippen molar-refractivity contribution >= 4 is 23.3 Å². The molecular formula is C18H21N5O2S. The lowest BCUT2D eigenvalue weighted by Crippen LogP contribution is -2.31. The zero-order valence-corrected chi connectivity index (χ0v) is 15.8. The van der Waals surface area contributed by atoms with Crippen molar-refractivity contribution in [3.63, 3.8) is 0 Å². The van der Waals surface area contributed by atoms with Crippen molar-refractivity contribution in [2.75, 3.05) is 12.4 Å². The molecule has 0 aliphatic heterocycles. The molecule has 0 saturated heterocycles. The van der Waals surface area contributed by atoms with Crippen molar-refractivity contribution in [1.82, 2.24) is 25.1 Å². The Morgan fingerprint density at radius 1 is 1.19 bits per heavy atom. The summed E-state index contributed by atoms with van der Waals surface area (Å²) in [6.45, 7) is 6.45. The summed E-state index contributed by atoms with van der Waals surface area (Å²) in [5, 5.41) is 16.6. The summed E-state index contributed by atoms with van der Waals surface area (Å²) in [6, 6.07) is 11.5. The first kappa shape index (κ1) is 18.2. The number of aromatic nitrogens is 4. The number of amides is 1. The molecule has 0 unspecified atom stereocenters. The Kier molecular flexibility index (Phi) is 5.72. The van der Waals surface area contributed by atoms with Crippen LogP contribution in [-0.4, -0.2) is 44.1 Å². The first-order chi connectivity index (χ1) is 12.6. The minimum absolute atomic E-state index is 0.0117. The number of ether oxygens (including phenoxy) is 1. The molecule has 26 heavy (non-hydrogen) atoms. The van der Waals surface area contributed by atoms with Crippen LogP contribution in [0.3, 0.4) is 0 Å². The fraction of sp³-hybridized carbons (Fsp3) is 0.333. The van der Waals surface area contributed by atoms with E-state index in [4.69, 9.17) is 4.74 Å². The Bertz CT molecular complexity index is 892. The molecule has 0 fully saturated rings. The topological polar surface area (TPSA) is 81.4 Å². The van der Waals surface area contributed by atoms with E-state index in [1.807, 2.05) is 57.2 Å². The van der Waals surface area contributed by atoms with Gasteiger partial charge in [0.15, 0.2) is 11.5 Å². The van der Waals surface area contributed by atoms with E-state index in [9.17, 15) is 4.79 Å². The maximum Gasteiger partial charge on any atom is 0.230 e. The van der Waals surface area contributed by atoms with Crippen molar-refractivity contribution < 1.29 is 9.53 Å². The molecule has 2 aromatic heterocycles. The molecule has 3 aromatic rings. The van der Waals surface area contributed by atoms with Gasteiger partial charge >= 0.3 is 0 Å². The summed E-state index contributed by atoms with van der Waals surface area (Å²) < 4.78 is 7.16. The molecular weight excluding hydrogens is 350 g/mol. The number of benzene rings is 1. The molecule has 1 aromatic carbocycles. The van der Waals surface area contributed by atoms with E-state index in [1.165, 1.54) is 11.8 Å². The average Bonchev–Trinajstić information content (AvgIpc) is 3.03. The van der Waals surface area contributed by atoms with Gasteiger partial charge in [0.2, 0.25) is 5.91 Å². The maximum atomic E-state index is 11.8. The lowest BCUT2D eigenvalue weighted by atomic mass is 10.2. The quantitative estimate of drug-likeness (QED) is 0.643. The monoisotopic (exact) mass is 371 g/mol. The van der Waals surface area contributed by atoms with Crippen LogP contribution in [0.4, 0.5) is 0 Å². The maximum absolute atomic E-state index is 11.8. The van der Waals surface area contributed by atoms with Crippen LogP contribution < -0.4 is 10.1 Å². The summed E-state index contributed by atoms with van der Waals surface area (Å²) in [5.41, 5.74) is 1.55. The van der Waals surface area contributed by atoms with Crippen molar-refractivity contribution in [2.24, 2.45) is 0 Å². The van der Waals surface area contributed by atoms with Crippen LogP contribution in [-0.2, 0) is 4.79 Å². The molecule has 0 atom stereocenters. The number of nitrogens with one attached hydrogen (secondary N) is 1. The lowest BCUT2D eigenvalue weighted by Gasteiger charge is -2.08. The van der Waals surface area contributed by atoms with Gasteiger partial charge in [-0.15, -0.1) is 10.2 Å². The number of thioether (sulfide) groups is 1. The molecule has 0 aliphatic rings. The summed E-state index contributed by atoms with van der Waals surface area (Å²) in [5.74, 6) is 1.77. The Balaban J connectivity index is 1.80. The van der Waals surface area contributed by atoms with Crippen LogP contribution >= 0.6 is 11.8 Å². The van der Waals surface area contributed by atoms with Gasteiger partial charge in [-0.1, -0.05) is 11.8 Å². The molecule has 2 heterocycles. The summed E-state index contributed by atoms with van der Waals surface area (Å²) in [7, 11) is 0. The standard InChI is InChI=1S/C18H21N5O2S/c1-4-25-14-7-5-13(6-8-14)18-21-20-15-9-10-17(22-23(15)18)26-11-16(24)19-12(2)3/h5-10,12H,4,11H2,1-3H3,(H,19,24). The minimum atomic E-state index is -0.0117. The molecule has 1 N–H and O–H groups in total. The first-order valence-corrected chi connectivity index (χ1v) is 9.43. The van der Waals surface area contributed by atoms with E-state index in [1.54, 1.807) is 4.52 Å². The zero-order chi connectivity index (χ0) is 18.5. The van der Waals surface area contributed by atoms with E-state index in [0.717, 1.165) is 16.3 Å². The Morgan fingerprint density at radius 2 is 1.96 bits per heavy atom. The van der Waals surface area contributed by atoms with Gasteiger partial charge in [-0.2, -0.15) is 9.61 Å². The summed E-state index contributed by atoms with van der Waals surface area (Å²) >= 11 is 1.38. The number of carbonyl (C=O) groups is 1. The highest BCUT2D eigenvalue weighted by atomic mass is 32.2. The third kappa shape index (κ3) is 4.32. The number of rotatable bonds is 7. The molecule has 1 amide bonds. The number of hydrogen-bond donors (Lipinski definition) is 1. The highest BCUT2D eigenvalue weighted by molar-refractivity contribution is 7.99. The van der Waals surface area contributed by atoms with Gasteiger partial charge < -0.3 is 10.1 Å². The van der Waals surface area contributed by atoms with Crippen molar-refractivity contribution in [2.45, 2.75) is 31.8 Å². The minimum Gasteiger partial charge on any atom is -0.494 e. The fourth-order valence-electron chi connectivity index (χ4n) is 2.40. The SMILES string of the molecule is CCOc1ccc(-c2nnc3ccc(SCC(=O)NC(C)C)nn23)cc1. The predicted octanol–water partition coefficient (Wildman–Crippen LogP) is 2.81. The highest BCUT2D eigenvalue weighted by Crippen LogP contribution is 2.22. The number of nitrogens with zero attached hydrogens (tertiary/aromatic N) is 4. The molecule has 0 spiro atoms. The van der Waals surface area contributed by atoms with Crippen LogP contribution in [0.5, 0.6) is 5.75 Å². The second kappa shape index (κ2) is 8.18. The molecule has 8 heteroatoms. The smallest absolute Gasteiger partial charge is 0.230 e. The van der Waals surface area contributed by atoms with E-state index in [-0.39, 0.29) is 11.9 Å². The largest absolute Gasteiger partial charge is 0.494 e. The molecule has 0 saturated carbocycles. The first-order valence-electron chi connectivity index (χ1n) is 8.44. The van der Waals surface area contributed by atoms with Gasteiger partial charge in [0.1, 0.15) is 10.8 Å². The van der Waals surface area contributed by atoms with Crippen molar-refractivity contribution in [3.05, 3.63) is 36.4 Å². The van der Waals surface area contributed by atoms with Crippen LogP contribution in [0, 0.1) is 0 Å². The lowest BCUT2D eigenvalue weighted by molar-refractivity contribution is -0.119. The molecule has 0 radical (unpaired) electrons. The van der Waals surface area contributed by atoms with Gasteiger partial charge in [-0.05, 0) is 57.2 Å². The molecule has 0 bridgehead atoms. The van der Waals surface area contributed by atoms with Crippen LogP contribution in [0.1, 0.15) is 20.8 Å². The number of hydrogen-bond acceptors (Lipinski definition) is 6. The number of fused-ring (bicyclic) bond motifs is 1. The molecule has 3 rings (SSSR count). The Morgan fingerprint density at radius 3 is 2.65 bits per heavy atom. The van der Waals surface area contributed by atoms with Gasteiger partial charge in [0.25, 0.3) is 0 Å². The second-order valence-corrected chi connectivity index (χ2v) is 6.93. The Hall–Kier alpha value is -2.61. The van der Waals surface area contributed by atoms with Gasteiger partial charge in [0.05, 0.1) is 12.4 Å². The van der Waals surface area contributed by atoms with Crippen molar-refractivity contribution in [1.29, 1.82) is 0 Å². The fourth-order valence-corrected chi connectivity index (χ4v) is 3.07. The highest BCUT2D eigenvalue weighted by Gasteiger charge is 2.11. The van der Waals surface area contributed by atoms with E-state index >= 15 is 0 Å². The van der Waals surface area contributed by atoms with Gasteiger partial charge in [-0.3, -0.25) is 4.79 Å². The predicted molar refractivity (Wildman–Crippen MR) is 101 cm³/mol. The van der Waals surface area contributed by atoms with E-state index in [0.29, 0.717) is 23.8 Å². The zero-order valence-electron chi connectivity index (χ0n) is 15.0. The number of carbonyl (C=O) groups excluding carboxylic acids is 1. The molecule has 136 valence electrons. The third-order valence-electron chi connectivity index (χ3n) is 3.46. The molecule has 0 aliphatic carbocycles. The van der Waals surface area contributed by atoms with E-state index < -0.39 is 0 Å². The van der Waals surface area contributed by atoms with Crippen molar-refractivity contribution in [3.8, 4) is 17.1 Å². The molecule has 7 nitrogen and oxygen atoms in total. The Labute approximate surface area is 156 Å². The van der Waals surface area contributed by atoms with E-state index in [2.05, 4.69) is 20.6 Å². The average molecular weight is 371 g/mol. The van der Waals surface area contributed by atoms with Crippen LogP contribution in [0.2, 0.25) is 0 Å². The van der Waals surface area contributed by atoms with Crippen LogP contribution in [0.25, 0.3) is 17.0 Å². The second-order valence-electron chi connectivity index (χ2n) is 5.93. The normalized spacial score (nSPS) is 11.1. The van der Waals surface area contributed by atoms with Gasteiger partial charge in [0, 0.05) is 11.6 Å². The third-order valence-corrected chi connectivity index (χ3v) is 4.38. The summed E-state index contributed by atoms with van der Waals surface area (Å²) in [4.78, 5) is 11.8. The summed E-state index contributed by atoms with van der Waals surface area (Å²) in [6.07, 6.45) is 0. The van der Waals surface area contributed by atoms with Crippen LogP contribution in [0.15, 0.2) is 41.4 Å². The van der Waals surface area contributed by atoms with Gasteiger partial charge in [-0.25, -0.2) is 0 Å².